The quantitative estimate of drug-likeness (QED) is 0.694. The Morgan fingerprint density at radius 3 is 2.41 bits per heavy atom. The molecule has 1 aliphatic rings. The van der Waals surface area contributed by atoms with E-state index in [1.54, 1.807) is 0 Å². The maximum Gasteiger partial charge on any atom is 0.132 e. The van der Waals surface area contributed by atoms with Crippen molar-refractivity contribution in [3.05, 3.63) is 35.9 Å². The van der Waals surface area contributed by atoms with E-state index in [2.05, 4.69) is 30.3 Å². The van der Waals surface area contributed by atoms with E-state index in [9.17, 15) is 4.79 Å². The average molecular weight is 230 g/mol. The standard InChI is InChI=1S/C16H22O/c17-16-12-10-15(11-13-16)9-5-4-8-14-6-2-1-3-7-14/h1-3,6-7,15H,4-5,8-13H2. The van der Waals surface area contributed by atoms with Gasteiger partial charge < -0.3 is 0 Å². The van der Waals surface area contributed by atoms with E-state index >= 15 is 0 Å². The molecule has 1 saturated carbocycles. The zero-order valence-corrected chi connectivity index (χ0v) is 10.5. The Balaban J connectivity index is 1.59. The molecular formula is C16H22O. The molecule has 0 saturated heterocycles. The Bertz CT molecular complexity index is 332. The Hall–Kier alpha value is -1.11. The minimum Gasteiger partial charge on any atom is -0.300 e. The van der Waals surface area contributed by atoms with Gasteiger partial charge in [0.25, 0.3) is 0 Å². The first-order chi connectivity index (χ1) is 8.34. The normalized spacial score (nSPS) is 17.3. The third-order valence-corrected chi connectivity index (χ3v) is 3.83. The first-order valence-corrected chi connectivity index (χ1v) is 6.90. The predicted octanol–water partition coefficient (Wildman–Crippen LogP) is 4.16. The number of rotatable bonds is 5. The van der Waals surface area contributed by atoms with Crippen LogP contribution in [0.3, 0.4) is 0 Å². The molecule has 1 aromatic rings. The van der Waals surface area contributed by atoms with E-state index in [1.165, 1.54) is 31.2 Å². The van der Waals surface area contributed by atoms with Crippen molar-refractivity contribution in [2.45, 2.75) is 51.4 Å². The highest BCUT2D eigenvalue weighted by molar-refractivity contribution is 5.78. The van der Waals surface area contributed by atoms with Crippen LogP contribution in [0.15, 0.2) is 30.3 Å². The van der Waals surface area contributed by atoms with Gasteiger partial charge in [0.05, 0.1) is 0 Å². The van der Waals surface area contributed by atoms with E-state index in [1.807, 2.05) is 0 Å². The third kappa shape index (κ3) is 4.33. The molecule has 17 heavy (non-hydrogen) atoms. The van der Waals surface area contributed by atoms with Gasteiger partial charge in [-0.25, -0.2) is 0 Å². The number of Topliss-reactive ketones (excluding diaryl/α,β-unsaturated/α-hetero) is 1. The molecule has 2 rings (SSSR count). The van der Waals surface area contributed by atoms with Crippen LogP contribution in [0.25, 0.3) is 0 Å². The van der Waals surface area contributed by atoms with Crippen LogP contribution in [0, 0.1) is 5.92 Å². The third-order valence-electron chi connectivity index (χ3n) is 3.83. The van der Waals surface area contributed by atoms with Gasteiger partial charge in [0.1, 0.15) is 5.78 Å². The fraction of sp³-hybridized carbons (Fsp3) is 0.562. The van der Waals surface area contributed by atoms with Crippen molar-refractivity contribution in [1.82, 2.24) is 0 Å². The highest BCUT2D eigenvalue weighted by Crippen LogP contribution is 2.26. The summed E-state index contributed by atoms with van der Waals surface area (Å²) in [4.78, 5) is 11.1. The number of carbonyl (C=O) groups is 1. The second kappa shape index (κ2) is 6.58. The minimum absolute atomic E-state index is 0.477. The van der Waals surface area contributed by atoms with Crippen molar-refractivity contribution in [2.75, 3.05) is 0 Å². The van der Waals surface area contributed by atoms with Crippen LogP contribution in [0.4, 0.5) is 0 Å². The van der Waals surface area contributed by atoms with Crippen LogP contribution in [-0.2, 0) is 11.2 Å². The largest absolute Gasteiger partial charge is 0.300 e. The molecule has 1 aromatic carbocycles. The number of hydrogen-bond acceptors (Lipinski definition) is 1. The molecule has 0 radical (unpaired) electrons. The van der Waals surface area contributed by atoms with E-state index in [4.69, 9.17) is 0 Å². The zero-order chi connectivity index (χ0) is 11.9. The van der Waals surface area contributed by atoms with Crippen LogP contribution in [0.1, 0.15) is 50.5 Å². The molecule has 0 bridgehead atoms. The number of aryl methyl sites for hydroxylation is 1. The molecule has 0 amide bonds. The number of unbranched alkanes of at least 4 members (excludes halogenated alkanes) is 1. The molecule has 1 fully saturated rings. The molecule has 0 aromatic heterocycles. The van der Waals surface area contributed by atoms with Crippen LogP contribution >= 0.6 is 0 Å². The number of hydrogen-bond donors (Lipinski definition) is 0. The number of carbonyl (C=O) groups excluding carboxylic acids is 1. The van der Waals surface area contributed by atoms with E-state index in [-0.39, 0.29) is 0 Å². The smallest absolute Gasteiger partial charge is 0.132 e. The molecule has 0 atom stereocenters. The van der Waals surface area contributed by atoms with Crippen molar-refractivity contribution in [1.29, 1.82) is 0 Å². The van der Waals surface area contributed by atoms with Gasteiger partial charge in [-0.1, -0.05) is 43.2 Å². The lowest BCUT2D eigenvalue weighted by Gasteiger charge is -2.20. The highest BCUT2D eigenvalue weighted by atomic mass is 16.1. The summed E-state index contributed by atoms with van der Waals surface area (Å²) in [6.45, 7) is 0. The first-order valence-electron chi connectivity index (χ1n) is 6.90. The molecule has 1 nitrogen and oxygen atoms in total. The maximum atomic E-state index is 11.1. The molecular weight excluding hydrogens is 208 g/mol. The van der Waals surface area contributed by atoms with Crippen molar-refractivity contribution in [3.63, 3.8) is 0 Å². The molecule has 0 aliphatic heterocycles. The van der Waals surface area contributed by atoms with Crippen LogP contribution in [0.5, 0.6) is 0 Å². The minimum atomic E-state index is 0.477. The Morgan fingerprint density at radius 2 is 1.71 bits per heavy atom. The second-order valence-corrected chi connectivity index (χ2v) is 5.21. The predicted molar refractivity (Wildman–Crippen MR) is 71.0 cm³/mol. The topological polar surface area (TPSA) is 17.1 Å². The zero-order valence-electron chi connectivity index (χ0n) is 10.5. The monoisotopic (exact) mass is 230 g/mol. The van der Waals surface area contributed by atoms with Gasteiger partial charge in [0.2, 0.25) is 0 Å². The summed E-state index contributed by atoms with van der Waals surface area (Å²) in [6, 6.07) is 10.7. The summed E-state index contributed by atoms with van der Waals surface area (Å²) in [7, 11) is 0. The van der Waals surface area contributed by atoms with Crippen molar-refractivity contribution in [3.8, 4) is 0 Å². The Labute approximate surface area is 104 Å². The van der Waals surface area contributed by atoms with Crippen molar-refractivity contribution in [2.24, 2.45) is 5.92 Å². The lowest BCUT2D eigenvalue weighted by atomic mass is 9.85. The molecule has 92 valence electrons. The van der Waals surface area contributed by atoms with Crippen LogP contribution in [0.2, 0.25) is 0 Å². The second-order valence-electron chi connectivity index (χ2n) is 5.21. The van der Waals surface area contributed by atoms with Gasteiger partial charge in [0.15, 0.2) is 0 Å². The van der Waals surface area contributed by atoms with Gasteiger partial charge in [-0.05, 0) is 37.2 Å². The van der Waals surface area contributed by atoms with E-state index in [0.29, 0.717) is 5.78 Å². The Morgan fingerprint density at radius 1 is 1.00 bits per heavy atom. The molecule has 0 unspecified atom stereocenters. The number of ketones is 1. The Kier molecular flexibility index (Phi) is 4.78. The molecule has 0 spiro atoms. The summed E-state index contributed by atoms with van der Waals surface area (Å²) in [6.07, 6.45) is 9.08. The SMILES string of the molecule is O=C1CCC(CCCCc2ccccc2)CC1. The van der Waals surface area contributed by atoms with Crippen molar-refractivity contribution >= 4 is 5.78 Å². The molecule has 0 heterocycles. The fourth-order valence-corrected chi connectivity index (χ4v) is 2.70. The fourth-order valence-electron chi connectivity index (χ4n) is 2.70. The van der Waals surface area contributed by atoms with Gasteiger partial charge in [-0.3, -0.25) is 4.79 Å². The van der Waals surface area contributed by atoms with E-state index in [0.717, 1.165) is 31.6 Å². The molecule has 0 N–H and O–H groups in total. The van der Waals surface area contributed by atoms with Gasteiger partial charge >= 0.3 is 0 Å². The summed E-state index contributed by atoms with van der Waals surface area (Å²) in [5.41, 5.74) is 1.45. The maximum absolute atomic E-state index is 11.1. The van der Waals surface area contributed by atoms with Crippen molar-refractivity contribution < 1.29 is 4.79 Å². The average Bonchev–Trinajstić information content (AvgIpc) is 2.38. The van der Waals surface area contributed by atoms with Gasteiger partial charge in [0, 0.05) is 12.8 Å². The summed E-state index contributed by atoms with van der Waals surface area (Å²) in [5.74, 6) is 1.30. The van der Waals surface area contributed by atoms with Gasteiger partial charge in [-0.15, -0.1) is 0 Å². The van der Waals surface area contributed by atoms with E-state index < -0.39 is 0 Å². The van der Waals surface area contributed by atoms with Crippen LogP contribution < -0.4 is 0 Å². The lowest BCUT2D eigenvalue weighted by Crippen LogP contribution is -2.13. The summed E-state index contributed by atoms with van der Waals surface area (Å²) in [5, 5.41) is 0. The molecule has 1 aliphatic carbocycles. The number of benzene rings is 1. The first kappa shape index (κ1) is 12.3. The van der Waals surface area contributed by atoms with Crippen LogP contribution in [-0.4, -0.2) is 5.78 Å². The lowest BCUT2D eigenvalue weighted by molar-refractivity contribution is -0.121. The summed E-state index contributed by atoms with van der Waals surface area (Å²) >= 11 is 0. The summed E-state index contributed by atoms with van der Waals surface area (Å²) < 4.78 is 0. The molecule has 1 heteroatoms. The highest BCUT2D eigenvalue weighted by Gasteiger charge is 2.17. The van der Waals surface area contributed by atoms with Gasteiger partial charge in [-0.2, -0.15) is 0 Å².